The van der Waals surface area contributed by atoms with Gasteiger partial charge < -0.3 is 0 Å². The largest absolute Gasteiger partial charge is 0.296 e. The van der Waals surface area contributed by atoms with Crippen LogP contribution < -0.4 is 0 Å². The highest BCUT2D eigenvalue weighted by Gasteiger charge is 2.24. The Kier molecular flexibility index (Phi) is 8.78. The van der Waals surface area contributed by atoms with Crippen molar-refractivity contribution in [1.82, 2.24) is 0 Å². The zero-order valence-corrected chi connectivity index (χ0v) is 21.4. The SMILES string of the molecule is C=C(CC(COS(=O)(=O)c1ccc(C)cc1)COS(=O)(=O)c1ccc(C)cc1)c1ccc(F)cc1F. The molecule has 0 aromatic heterocycles. The maximum absolute atomic E-state index is 14.3. The summed E-state index contributed by atoms with van der Waals surface area (Å²) in [5.74, 6) is -2.46. The summed E-state index contributed by atoms with van der Waals surface area (Å²) in [6.45, 7) is 6.50. The number of hydrogen-bond acceptors (Lipinski definition) is 6. The Bertz CT molecular complexity index is 1350. The Hall–Kier alpha value is -2.92. The van der Waals surface area contributed by atoms with Gasteiger partial charge in [-0.05, 0) is 62.2 Å². The predicted molar refractivity (Wildman–Crippen MR) is 132 cm³/mol. The van der Waals surface area contributed by atoms with Crippen molar-refractivity contribution in [3.8, 4) is 0 Å². The summed E-state index contributed by atoms with van der Waals surface area (Å²) >= 11 is 0. The quantitative estimate of drug-likeness (QED) is 0.305. The van der Waals surface area contributed by atoms with Gasteiger partial charge in [-0.1, -0.05) is 42.0 Å². The van der Waals surface area contributed by atoms with Crippen LogP contribution in [0.25, 0.3) is 5.57 Å². The Balaban J connectivity index is 1.79. The lowest BCUT2D eigenvalue weighted by molar-refractivity contribution is 0.187. The van der Waals surface area contributed by atoms with E-state index in [-0.39, 0.29) is 27.3 Å². The van der Waals surface area contributed by atoms with Crippen LogP contribution in [-0.2, 0) is 28.6 Å². The Morgan fingerprint density at radius 3 is 1.64 bits per heavy atom. The van der Waals surface area contributed by atoms with Gasteiger partial charge in [0.05, 0.1) is 23.0 Å². The van der Waals surface area contributed by atoms with Crippen molar-refractivity contribution in [2.24, 2.45) is 5.92 Å². The fourth-order valence-electron chi connectivity index (χ4n) is 3.32. The van der Waals surface area contributed by atoms with Crippen LogP contribution in [0.5, 0.6) is 0 Å². The number of allylic oxidation sites excluding steroid dienone is 1. The maximum atomic E-state index is 14.3. The van der Waals surface area contributed by atoms with Crippen molar-refractivity contribution in [3.05, 3.63) is 102 Å². The molecule has 10 heteroatoms. The molecule has 0 N–H and O–H groups in total. The second-order valence-corrected chi connectivity index (χ2v) is 11.6. The normalized spacial score (nSPS) is 12.1. The fraction of sp³-hybridized carbons (Fsp3) is 0.231. The molecule has 0 spiro atoms. The summed E-state index contributed by atoms with van der Waals surface area (Å²) in [6.07, 6.45) is -0.0740. The minimum absolute atomic E-state index is 0.0178. The van der Waals surface area contributed by atoms with Crippen molar-refractivity contribution in [3.63, 3.8) is 0 Å². The third-order valence-electron chi connectivity index (χ3n) is 5.38. The highest BCUT2D eigenvalue weighted by Crippen LogP contribution is 2.27. The zero-order chi connectivity index (χ0) is 26.5. The molecule has 0 heterocycles. The molecule has 0 radical (unpaired) electrons. The molecule has 192 valence electrons. The summed E-state index contributed by atoms with van der Waals surface area (Å²) in [5, 5.41) is 0. The Labute approximate surface area is 210 Å². The van der Waals surface area contributed by atoms with E-state index >= 15 is 0 Å². The number of benzene rings is 3. The van der Waals surface area contributed by atoms with Crippen LogP contribution in [0.15, 0.2) is 83.1 Å². The molecule has 0 amide bonds. The lowest BCUT2D eigenvalue weighted by Crippen LogP contribution is -2.22. The van der Waals surface area contributed by atoms with E-state index in [1.807, 2.05) is 0 Å². The number of hydrogen-bond donors (Lipinski definition) is 0. The van der Waals surface area contributed by atoms with Gasteiger partial charge in [0.15, 0.2) is 0 Å². The summed E-state index contributed by atoms with van der Waals surface area (Å²) in [7, 11) is -8.31. The van der Waals surface area contributed by atoms with E-state index in [9.17, 15) is 25.6 Å². The second-order valence-electron chi connectivity index (χ2n) is 8.40. The number of rotatable bonds is 11. The molecule has 0 bridgehead atoms. The van der Waals surface area contributed by atoms with Crippen molar-refractivity contribution in [2.75, 3.05) is 13.2 Å². The van der Waals surface area contributed by atoms with Crippen LogP contribution in [-0.4, -0.2) is 30.0 Å². The average molecular weight is 537 g/mol. The third-order valence-corrected chi connectivity index (χ3v) is 7.98. The van der Waals surface area contributed by atoms with E-state index in [0.29, 0.717) is 6.07 Å². The minimum atomic E-state index is -4.16. The van der Waals surface area contributed by atoms with E-state index in [4.69, 9.17) is 8.37 Å². The average Bonchev–Trinajstić information content (AvgIpc) is 2.81. The van der Waals surface area contributed by atoms with Crippen LogP contribution in [0.1, 0.15) is 23.1 Å². The van der Waals surface area contributed by atoms with Gasteiger partial charge >= 0.3 is 0 Å². The highest BCUT2D eigenvalue weighted by atomic mass is 32.2. The molecule has 0 unspecified atom stereocenters. The molecule has 0 aliphatic rings. The molecule has 3 aromatic carbocycles. The van der Waals surface area contributed by atoms with Gasteiger partial charge in [-0.25, -0.2) is 8.78 Å². The van der Waals surface area contributed by atoms with Crippen LogP contribution in [0, 0.1) is 31.4 Å². The first-order valence-corrected chi connectivity index (χ1v) is 13.7. The first-order chi connectivity index (χ1) is 16.9. The van der Waals surface area contributed by atoms with Gasteiger partial charge in [-0.2, -0.15) is 16.8 Å². The van der Waals surface area contributed by atoms with Crippen LogP contribution >= 0.6 is 0 Å². The van der Waals surface area contributed by atoms with Gasteiger partial charge in [0, 0.05) is 17.5 Å². The lowest BCUT2D eigenvalue weighted by Gasteiger charge is -2.19. The van der Waals surface area contributed by atoms with Gasteiger partial charge in [0.25, 0.3) is 20.2 Å². The van der Waals surface area contributed by atoms with E-state index < -0.39 is 51.0 Å². The van der Waals surface area contributed by atoms with Crippen molar-refractivity contribution >= 4 is 25.8 Å². The topological polar surface area (TPSA) is 86.7 Å². The van der Waals surface area contributed by atoms with E-state index in [1.165, 1.54) is 30.3 Å². The molecule has 6 nitrogen and oxygen atoms in total. The molecule has 36 heavy (non-hydrogen) atoms. The van der Waals surface area contributed by atoms with Crippen molar-refractivity contribution in [2.45, 2.75) is 30.1 Å². The van der Waals surface area contributed by atoms with Gasteiger partial charge in [0.1, 0.15) is 11.6 Å². The minimum Gasteiger partial charge on any atom is -0.266 e. The fourth-order valence-corrected chi connectivity index (χ4v) is 5.27. The smallest absolute Gasteiger partial charge is 0.266 e. The number of aryl methyl sites for hydroxylation is 2. The molecule has 0 aliphatic heterocycles. The highest BCUT2D eigenvalue weighted by molar-refractivity contribution is 7.87. The third kappa shape index (κ3) is 7.30. The summed E-state index contributed by atoms with van der Waals surface area (Å²) in [5.41, 5.74) is 1.94. The number of halogens is 2. The molecule has 0 aliphatic carbocycles. The Morgan fingerprint density at radius 1 is 0.778 bits per heavy atom. The molecule has 0 atom stereocenters. The van der Waals surface area contributed by atoms with Gasteiger partial charge in [-0.3, -0.25) is 8.37 Å². The summed E-state index contributed by atoms with van der Waals surface area (Å²) in [6, 6.07) is 15.0. The molecule has 3 aromatic rings. The molecule has 3 rings (SSSR count). The van der Waals surface area contributed by atoms with Crippen LogP contribution in [0.4, 0.5) is 8.78 Å². The first-order valence-electron chi connectivity index (χ1n) is 10.9. The molecular weight excluding hydrogens is 510 g/mol. The van der Waals surface area contributed by atoms with E-state index in [1.54, 1.807) is 38.1 Å². The van der Waals surface area contributed by atoms with Crippen LogP contribution in [0.2, 0.25) is 0 Å². The van der Waals surface area contributed by atoms with Gasteiger partial charge in [0.2, 0.25) is 0 Å². The zero-order valence-electron chi connectivity index (χ0n) is 19.8. The van der Waals surface area contributed by atoms with Crippen LogP contribution in [0.3, 0.4) is 0 Å². The standard InChI is InChI=1S/C26H26F2O6S2/c1-18-4-9-23(10-5-18)35(29,30)33-16-21(14-20(3)25-13-8-22(27)15-26(25)28)17-34-36(31,32)24-11-6-19(2)7-12-24/h4-13,15,21H,3,14,16-17H2,1-2H3. The monoisotopic (exact) mass is 536 g/mol. The molecule has 0 saturated carbocycles. The van der Waals surface area contributed by atoms with E-state index in [2.05, 4.69) is 6.58 Å². The second kappa shape index (κ2) is 11.4. The Morgan fingerprint density at radius 2 is 1.22 bits per heavy atom. The first kappa shape index (κ1) is 27.7. The summed E-state index contributed by atoms with van der Waals surface area (Å²) in [4.78, 5) is -0.132. The maximum Gasteiger partial charge on any atom is 0.296 e. The lowest BCUT2D eigenvalue weighted by atomic mass is 9.96. The van der Waals surface area contributed by atoms with Crippen molar-refractivity contribution < 1.29 is 34.0 Å². The predicted octanol–water partition coefficient (Wildman–Crippen LogP) is 5.41. The summed E-state index contributed by atoms with van der Waals surface area (Å²) < 4.78 is 88.5. The molecule has 0 fully saturated rings. The van der Waals surface area contributed by atoms with Gasteiger partial charge in [-0.15, -0.1) is 0 Å². The van der Waals surface area contributed by atoms with Crippen molar-refractivity contribution in [1.29, 1.82) is 0 Å². The van der Waals surface area contributed by atoms with E-state index in [0.717, 1.165) is 17.2 Å². The molecular formula is C26H26F2O6S2. The molecule has 0 saturated heterocycles.